The van der Waals surface area contributed by atoms with Gasteiger partial charge < -0.3 is 13.4 Å². The molecule has 1 aromatic rings. The first-order valence-corrected chi connectivity index (χ1v) is 15.2. The smallest absolute Gasteiger partial charge is 0.105 e. The highest BCUT2D eigenvalue weighted by molar-refractivity contribution is 5.50. The summed E-state index contributed by atoms with van der Waals surface area (Å²) in [6.45, 7) is 35.6. The topological polar surface area (TPSA) is 9.72 Å². The molecule has 10 rings (SSSR count). The Bertz CT molecular complexity index is 818. The van der Waals surface area contributed by atoms with E-state index in [1.165, 1.54) is 151 Å². The largest absolute Gasteiger partial charge is 0.317 e. The molecule has 0 radical (unpaired) electrons. The van der Waals surface area contributed by atoms with E-state index in [-0.39, 0.29) is 0 Å². The second-order valence-electron chi connectivity index (χ2n) is 13.8. The van der Waals surface area contributed by atoms with E-state index in [2.05, 4.69) is 35.5 Å². The van der Waals surface area contributed by atoms with Gasteiger partial charge in [0, 0.05) is 75.6 Å². The van der Waals surface area contributed by atoms with Crippen LogP contribution in [0.3, 0.4) is 0 Å². The van der Waals surface area contributed by atoms with Gasteiger partial charge in [-0.1, -0.05) is 0 Å². The first-order valence-electron chi connectivity index (χ1n) is 15.2. The van der Waals surface area contributed by atoms with Crippen molar-refractivity contribution in [2.24, 2.45) is 0 Å². The van der Waals surface area contributed by atoms with Gasteiger partial charge in [-0.25, -0.2) is 0 Å². The maximum absolute atomic E-state index is 2.70. The van der Waals surface area contributed by atoms with E-state index in [1.54, 1.807) is 33.4 Å². The van der Waals surface area contributed by atoms with Gasteiger partial charge in [-0.15, -0.1) is 0 Å². The Hall–Kier alpha value is -1.02. The lowest BCUT2D eigenvalue weighted by atomic mass is 9.85. The molecule has 6 bridgehead atoms. The standard InChI is InChI=1S/C30H51N6/c1-25-28(22-34-13-4-31(5-14-34)6-15-34)26(2)30(24-36-19-10-33(11-20-36)12-21-36)27(3)29(25)23-35-16-7-32(8-17-35)9-18-35/h4-24H2,1-3H3/q+3. The summed E-state index contributed by atoms with van der Waals surface area (Å²) in [5.74, 6) is 0. The number of fused-ring (bicyclic) bond motifs is 9. The number of hydrogen-bond donors (Lipinski definition) is 0. The molecule has 1 aromatic carbocycles. The number of quaternary nitrogens is 3. The normalized spacial score (nSPS) is 41.2. The molecule has 0 spiro atoms. The van der Waals surface area contributed by atoms with Crippen LogP contribution in [0.4, 0.5) is 0 Å². The zero-order valence-corrected chi connectivity index (χ0v) is 23.5. The lowest BCUT2D eigenvalue weighted by Crippen LogP contribution is -2.67. The Morgan fingerprint density at radius 2 is 0.583 bits per heavy atom. The fourth-order valence-electron chi connectivity index (χ4n) is 9.01. The summed E-state index contributed by atoms with van der Waals surface area (Å²) in [6.07, 6.45) is 0. The van der Waals surface area contributed by atoms with Gasteiger partial charge in [-0.2, -0.15) is 0 Å². The Morgan fingerprint density at radius 1 is 0.389 bits per heavy atom. The zero-order valence-electron chi connectivity index (χ0n) is 23.5. The average molecular weight is 496 g/mol. The molecule has 0 N–H and O–H groups in total. The van der Waals surface area contributed by atoms with Crippen LogP contribution in [0, 0.1) is 20.8 Å². The van der Waals surface area contributed by atoms with Crippen LogP contribution in [0.5, 0.6) is 0 Å². The zero-order chi connectivity index (χ0) is 24.5. The predicted molar refractivity (Wildman–Crippen MR) is 146 cm³/mol. The Labute approximate surface area is 219 Å². The van der Waals surface area contributed by atoms with Crippen LogP contribution in [-0.4, -0.2) is 146 Å². The van der Waals surface area contributed by atoms with Crippen LogP contribution in [0.25, 0.3) is 0 Å². The van der Waals surface area contributed by atoms with Gasteiger partial charge in [0.15, 0.2) is 0 Å². The van der Waals surface area contributed by atoms with Crippen LogP contribution in [0.15, 0.2) is 0 Å². The van der Waals surface area contributed by atoms with Gasteiger partial charge in [0.05, 0.1) is 58.9 Å². The van der Waals surface area contributed by atoms with E-state index in [4.69, 9.17) is 0 Å². The van der Waals surface area contributed by atoms with E-state index in [0.29, 0.717) is 0 Å². The van der Waals surface area contributed by atoms with Crippen molar-refractivity contribution in [3.8, 4) is 0 Å². The first-order chi connectivity index (χ1) is 17.4. The fourth-order valence-corrected chi connectivity index (χ4v) is 9.01. The molecule has 6 nitrogen and oxygen atoms in total. The minimum Gasteiger partial charge on any atom is -0.317 e. The second kappa shape index (κ2) is 8.75. The minimum absolute atomic E-state index is 1.29. The third-order valence-electron chi connectivity index (χ3n) is 12.2. The highest BCUT2D eigenvalue weighted by Crippen LogP contribution is 2.37. The van der Waals surface area contributed by atoms with Crippen molar-refractivity contribution < 1.29 is 13.4 Å². The number of hydrogen-bond acceptors (Lipinski definition) is 3. The number of nitrogens with zero attached hydrogens (tertiary/aromatic N) is 6. The second-order valence-corrected chi connectivity index (χ2v) is 13.8. The van der Waals surface area contributed by atoms with Gasteiger partial charge in [-0.3, -0.25) is 14.7 Å². The van der Waals surface area contributed by atoms with Crippen molar-refractivity contribution in [2.45, 2.75) is 40.4 Å². The molecule has 36 heavy (non-hydrogen) atoms. The number of piperazine rings is 9. The van der Waals surface area contributed by atoms with Gasteiger partial charge in [0.25, 0.3) is 0 Å². The van der Waals surface area contributed by atoms with E-state index in [0.717, 1.165) is 0 Å². The molecular weight excluding hydrogens is 444 g/mol. The van der Waals surface area contributed by atoms with Crippen molar-refractivity contribution >= 4 is 0 Å². The van der Waals surface area contributed by atoms with Crippen molar-refractivity contribution in [1.29, 1.82) is 0 Å². The molecule has 0 aromatic heterocycles. The summed E-state index contributed by atoms with van der Waals surface area (Å²) in [7, 11) is 0. The van der Waals surface area contributed by atoms with Gasteiger partial charge in [-0.05, 0) is 37.5 Å². The van der Waals surface area contributed by atoms with Crippen LogP contribution in [0.1, 0.15) is 33.4 Å². The van der Waals surface area contributed by atoms with Crippen molar-refractivity contribution in [3.63, 3.8) is 0 Å². The summed E-state index contributed by atoms with van der Waals surface area (Å²) < 4.78 is 4.05. The van der Waals surface area contributed by atoms with Crippen LogP contribution in [0.2, 0.25) is 0 Å². The molecule has 9 aliphatic heterocycles. The molecular formula is C30H51N6+3. The third-order valence-corrected chi connectivity index (χ3v) is 12.2. The summed E-state index contributed by atoms with van der Waals surface area (Å²) in [6, 6.07) is 0. The Kier molecular flexibility index (Phi) is 5.85. The summed E-state index contributed by atoms with van der Waals surface area (Å²) >= 11 is 0. The molecule has 9 fully saturated rings. The van der Waals surface area contributed by atoms with Crippen molar-refractivity contribution in [1.82, 2.24) is 14.7 Å². The third kappa shape index (κ3) is 3.99. The Morgan fingerprint density at radius 3 is 0.778 bits per heavy atom. The van der Waals surface area contributed by atoms with Crippen LogP contribution >= 0.6 is 0 Å². The number of rotatable bonds is 6. The fraction of sp³-hybridized carbons (Fsp3) is 0.800. The van der Waals surface area contributed by atoms with E-state index in [1.807, 2.05) is 0 Å². The van der Waals surface area contributed by atoms with E-state index >= 15 is 0 Å². The molecule has 9 aliphatic rings. The van der Waals surface area contributed by atoms with E-state index < -0.39 is 0 Å². The first kappa shape index (κ1) is 24.1. The molecule has 0 unspecified atom stereocenters. The molecule has 0 saturated carbocycles. The lowest BCUT2D eigenvalue weighted by molar-refractivity contribution is -0.954. The highest BCUT2D eigenvalue weighted by Gasteiger charge is 2.43. The molecule has 0 atom stereocenters. The van der Waals surface area contributed by atoms with Gasteiger partial charge in [0.1, 0.15) is 19.6 Å². The van der Waals surface area contributed by atoms with Crippen LogP contribution in [-0.2, 0) is 19.6 Å². The highest BCUT2D eigenvalue weighted by atomic mass is 15.5. The monoisotopic (exact) mass is 495 g/mol. The SMILES string of the molecule is Cc1c(C[N+]23CCN(CC2)CC3)c(C)c(C[N+]23CCN(CC2)CC3)c(C)c1C[N+]12CCN(CC1)CC2. The summed E-state index contributed by atoms with van der Waals surface area (Å²) in [4.78, 5) is 8.09. The Balaban J connectivity index is 1.29. The van der Waals surface area contributed by atoms with Crippen molar-refractivity contribution in [3.05, 3.63) is 33.4 Å². The van der Waals surface area contributed by atoms with Gasteiger partial charge >= 0.3 is 0 Å². The molecule has 0 amide bonds. The van der Waals surface area contributed by atoms with Crippen molar-refractivity contribution in [2.75, 3.05) is 118 Å². The minimum atomic E-state index is 1.29. The summed E-state index contributed by atoms with van der Waals surface area (Å²) in [5.41, 5.74) is 10.3. The average Bonchev–Trinajstić information content (AvgIpc) is 2.95. The quantitative estimate of drug-likeness (QED) is 0.555. The van der Waals surface area contributed by atoms with Crippen LogP contribution < -0.4 is 0 Å². The maximum Gasteiger partial charge on any atom is 0.105 e. The molecule has 6 heteroatoms. The number of benzene rings is 1. The van der Waals surface area contributed by atoms with E-state index in [9.17, 15) is 0 Å². The predicted octanol–water partition coefficient (Wildman–Crippen LogP) is 1.55. The maximum atomic E-state index is 2.70. The molecule has 9 heterocycles. The summed E-state index contributed by atoms with van der Waals surface area (Å²) in [5, 5.41) is 0. The molecule has 198 valence electrons. The molecule has 9 saturated heterocycles. The lowest BCUT2D eigenvalue weighted by Gasteiger charge is -2.52. The molecule has 0 aliphatic carbocycles. The van der Waals surface area contributed by atoms with Gasteiger partial charge in [0.2, 0.25) is 0 Å².